The van der Waals surface area contributed by atoms with Gasteiger partial charge in [-0.2, -0.15) is 14.6 Å². The molecule has 3 aromatic carbocycles. The Bertz CT molecular complexity index is 1820. The Labute approximate surface area is 215 Å². The number of thiazole rings is 1. The minimum Gasteiger partial charge on any atom is -0.497 e. The number of nitrogens with zero attached hydrogens (tertiary/aromatic N) is 5. The number of hydrogen-bond acceptors (Lipinski definition) is 7. The molecule has 0 aliphatic rings. The Hall–Kier alpha value is -4.76. The van der Waals surface area contributed by atoms with E-state index < -0.39 is 0 Å². The Kier molecular flexibility index (Phi) is 5.74. The molecular formula is C28H21N5O3S. The van der Waals surface area contributed by atoms with Gasteiger partial charge in [-0.05, 0) is 54.6 Å². The highest BCUT2D eigenvalue weighted by Gasteiger charge is 2.16. The molecule has 0 aliphatic carbocycles. The van der Waals surface area contributed by atoms with Crippen LogP contribution in [0.5, 0.6) is 11.5 Å². The molecule has 0 radical (unpaired) electrons. The van der Waals surface area contributed by atoms with Crippen LogP contribution in [0.15, 0.2) is 89.9 Å². The van der Waals surface area contributed by atoms with Crippen LogP contribution in [0.25, 0.3) is 39.4 Å². The summed E-state index contributed by atoms with van der Waals surface area (Å²) in [6.45, 7) is 0. The first-order valence-corrected chi connectivity index (χ1v) is 12.3. The largest absolute Gasteiger partial charge is 0.497 e. The quantitative estimate of drug-likeness (QED) is 0.335. The second-order valence-corrected chi connectivity index (χ2v) is 9.20. The molecule has 9 heteroatoms. The Morgan fingerprint density at radius 1 is 0.865 bits per heavy atom. The summed E-state index contributed by atoms with van der Waals surface area (Å²) in [5.41, 5.74) is 3.88. The SMILES string of the molecule is COc1ccc(-c2nn(-c3ccccc3)cc2C=c2sc3nc(-c4ccccc4OC)nn3c2=O)cc1. The number of rotatable bonds is 6. The van der Waals surface area contributed by atoms with Gasteiger partial charge in [-0.25, -0.2) is 4.68 Å². The van der Waals surface area contributed by atoms with Crippen molar-refractivity contribution in [1.82, 2.24) is 24.4 Å². The zero-order chi connectivity index (χ0) is 25.4. The maximum Gasteiger partial charge on any atom is 0.291 e. The molecular weight excluding hydrogens is 486 g/mol. The smallest absolute Gasteiger partial charge is 0.291 e. The zero-order valence-electron chi connectivity index (χ0n) is 20.0. The summed E-state index contributed by atoms with van der Waals surface area (Å²) in [5, 5.41) is 9.32. The van der Waals surface area contributed by atoms with Crippen LogP contribution in [0.2, 0.25) is 0 Å². The van der Waals surface area contributed by atoms with E-state index in [1.54, 1.807) is 14.2 Å². The molecule has 0 amide bonds. The number of ether oxygens (including phenoxy) is 2. The number of aromatic nitrogens is 5. The van der Waals surface area contributed by atoms with Crippen molar-refractivity contribution >= 4 is 22.4 Å². The third-order valence-corrected chi connectivity index (χ3v) is 6.90. The van der Waals surface area contributed by atoms with E-state index >= 15 is 0 Å². The molecule has 6 rings (SSSR count). The minimum atomic E-state index is -0.234. The fourth-order valence-corrected chi connectivity index (χ4v) is 5.00. The number of fused-ring (bicyclic) bond motifs is 1. The molecule has 0 atom stereocenters. The molecule has 0 N–H and O–H groups in total. The number of benzene rings is 3. The van der Waals surface area contributed by atoms with Crippen molar-refractivity contribution < 1.29 is 9.47 Å². The Morgan fingerprint density at radius 2 is 1.62 bits per heavy atom. The van der Waals surface area contributed by atoms with Crippen molar-refractivity contribution in [3.63, 3.8) is 0 Å². The van der Waals surface area contributed by atoms with Gasteiger partial charge in [-0.15, -0.1) is 5.10 Å². The lowest BCUT2D eigenvalue weighted by Gasteiger charge is -2.03. The first-order valence-electron chi connectivity index (χ1n) is 11.5. The molecule has 37 heavy (non-hydrogen) atoms. The lowest BCUT2D eigenvalue weighted by Crippen LogP contribution is -2.23. The van der Waals surface area contributed by atoms with Crippen molar-refractivity contribution in [3.05, 3.63) is 106 Å². The predicted molar refractivity (Wildman–Crippen MR) is 143 cm³/mol. The number of methoxy groups -OCH3 is 2. The van der Waals surface area contributed by atoms with E-state index in [2.05, 4.69) is 10.1 Å². The van der Waals surface area contributed by atoms with Gasteiger partial charge < -0.3 is 9.47 Å². The van der Waals surface area contributed by atoms with Crippen molar-refractivity contribution in [2.24, 2.45) is 0 Å². The molecule has 3 aromatic heterocycles. The summed E-state index contributed by atoms with van der Waals surface area (Å²) in [4.78, 5) is 18.4. The fraction of sp³-hybridized carbons (Fsp3) is 0.0714. The maximum absolute atomic E-state index is 13.3. The molecule has 3 heterocycles. The highest BCUT2D eigenvalue weighted by atomic mass is 32.1. The van der Waals surface area contributed by atoms with Gasteiger partial charge in [0.15, 0.2) is 5.82 Å². The van der Waals surface area contributed by atoms with Crippen LogP contribution >= 0.6 is 11.3 Å². The van der Waals surface area contributed by atoms with Gasteiger partial charge in [0.2, 0.25) is 4.96 Å². The lowest BCUT2D eigenvalue weighted by atomic mass is 10.1. The monoisotopic (exact) mass is 507 g/mol. The van der Waals surface area contributed by atoms with E-state index in [4.69, 9.17) is 14.6 Å². The Morgan fingerprint density at radius 3 is 2.35 bits per heavy atom. The van der Waals surface area contributed by atoms with Crippen molar-refractivity contribution in [2.45, 2.75) is 0 Å². The first kappa shape index (κ1) is 22.7. The summed E-state index contributed by atoms with van der Waals surface area (Å²) >= 11 is 1.29. The van der Waals surface area contributed by atoms with Crippen molar-refractivity contribution in [3.8, 4) is 39.8 Å². The second-order valence-electron chi connectivity index (χ2n) is 8.19. The van der Waals surface area contributed by atoms with Crippen LogP contribution in [0.3, 0.4) is 0 Å². The first-order chi connectivity index (χ1) is 18.1. The van der Waals surface area contributed by atoms with Crippen LogP contribution < -0.4 is 19.6 Å². The highest BCUT2D eigenvalue weighted by molar-refractivity contribution is 7.15. The minimum absolute atomic E-state index is 0.234. The normalized spacial score (nSPS) is 11.8. The molecule has 8 nitrogen and oxygen atoms in total. The molecule has 0 unspecified atom stereocenters. The number of para-hydroxylation sites is 2. The van der Waals surface area contributed by atoms with Crippen molar-refractivity contribution in [1.29, 1.82) is 0 Å². The molecule has 0 saturated carbocycles. The van der Waals surface area contributed by atoms with Crippen LogP contribution in [-0.4, -0.2) is 38.6 Å². The third kappa shape index (κ3) is 4.15. The van der Waals surface area contributed by atoms with E-state index in [1.165, 1.54) is 15.9 Å². The third-order valence-electron chi connectivity index (χ3n) is 5.94. The molecule has 6 aromatic rings. The molecule has 182 valence electrons. The van der Waals surface area contributed by atoms with Gasteiger partial charge in [0, 0.05) is 17.3 Å². The molecule has 0 bridgehead atoms. The second kappa shape index (κ2) is 9.36. The summed E-state index contributed by atoms with van der Waals surface area (Å²) in [7, 11) is 3.23. The summed E-state index contributed by atoms with van der Waals surface area (Å²) in [6, 6.07) is 25.0. The lowest BCUT2D eigenvalue weighted by molar-refractivity contribution is 0.415. The van der Waals surface area contributed by atoms with Crippen LogP contribution in [0.1, 0.15) is 5.56 Å². The summed E-state index contributed by atoms with van der Waals surface area (Å²) in [6.07, 6.45) is 3.77. The van der Waals surface area contributed by atoms with Gasteiger partial charge in [0.25, 0.3) is 5.56 Å². The van der Waals surface area contributed by atoms with Crippen molar-refractivity contribution in [2.75, 3.05) is 14.2 Å². The van der Waals surface area contributed by atoms with Crippen LogP contribution in [0, 0.1) is 0 Å². The highest BCUT2D eigenvalue weighted by Crippen LogP contribution is 2.28. The fourth-order valence-electron chi connectivity index (χ4n) is 4.10. The molecule has 0 aliphatic heterocycles. The maximum atomic E-state index is 13.3. The average molecular weight is 508 g/mol. The zero-order valence-corrected chi connectivity index (χ0v) is 20.8. The predicted octanol–water partition coefficient (Wildman–Crippen LogP) is 4.24. The van der Waals surface area contributed by atoms with E-state index in [0.29, 0.717) is 21.1 Å². The molecule has 0 spiro atoms. The van der Waals surface area contributed by atoms with E-state index in [9.17, 15) is 4.79 Å². The topological polar surface area (TPSA) is 83.5 Å². The van der Waals surface area contributed by atoms with E-state index in [1.807, 2.05) is 95.8 Å². The molecule has 0 fully saturated rings. The Balaban J connectivity index is 1.48. The van der Waals surface area contributed by atoms with Gasteiger partial charge >= 0.3 is 0 Å². The standard InChI is InChI=1S/C28H21N5O3S/c1-35-21-14-12-18(13-15-21)25-19(17-32(30-25)20-8-4-3-5-9-20)16-24-27(34)33-28(37-24)29-26(31-33)22-10-6-7-11-23(22)36-2/h3-17H,1-2H3. The van der Waals surface area contributed by atoms with Gasteiger partial charge in [0.1, 0.15) is 17.2 Å². The van der Waals surface area contributed by atoms with Crippen LogP contribution in [-0.2, 0) is 0 Å². The van der Waals surface area contributed by atoms with Crippen LogP contribution in [0.4, 0.5) is 0 Å². The van der Waals surface area contributed by atoms with E-state index in [0.717, 1.165) is 33.8 Å². The average Bonchev–Trinajstić information content (AvgIpc) is 3.64. The van der Waals surface area contributed by atoms with Gasteiger partial charge in [-0.3, -0.25) is 4.79 Å². The van der Waals surface area contributed by atoms with E-state index in [-0.39, 0.29) is 5.56 Å². The van der Waals surface area contributed by atoms with Gasteiger partial charge in [0.05, 0.1) is 30.0 Å². The van der Waals surface area contributed by atoms with Gasteiger partial charge in [-0.1, -0.05) is 41.7 Å². The molecule has 0 saturated heterocycles. The number of hydrogen-bond donors (Lipinski definition) is 0. The summed E-state index contributed by atoms with van der Waals surface area (Å²) in [5.74, 6) is 1.86. The summed E-state index contributed by atoms with van der Waals surface area (Å²) < 4.78 is 14.4.